The predicted octanol–water partition coefficient (Wildman–Crippen LogP) is 3.47. The molecule has 25 heavy (non-hydrogen) atoms. The van der Waals surface area contributed by atoms with Crippen LogP contribution in [0.4, 0.5) is 0 Å². The zero-order chi connectivity index (χ0) is 18.7. The molecule has 0 aromatic carbocycles. The normalized spacial score (nSPS) is 23.2. The van der Waals surface area contributed by atoms with Crippen molar-refractivity contribution < 1.29 is 4.79 Å². The number of carbonyl (C=O) groups excluding carboxylic acids is 1. The highest BCUT2D eigenvalue weighted by molar-refractivity contribution is 5.76. The van der Waals surface area contributed by atoms with E-state index in [-0.39, 0.29) is 0 Å². The topological polar surface area (TPSA) is 26.8 Å². The Hall–Kier alpha value is -0.610. The van der Waals surface area contributed by atoms with E-state index in [4.69, 9.17) is 0 Å². The summed E-state index contributed by atoms with van der Waals surface area (Å²) >= 11 is 0. The summed E-state index contributed by atoms with van der Waals surface area (Å²) < 4.78 is 0. The molecule has 2 aliphatic rings. The third-order valence-corrected chi connectivity index (χ3v) is 7.03. The largest absolute Gasteiger partial charge is 0.343 e. The fourth-order valence-electron chi connectivity index (χ4n) is 4.11. The van der Waals surface area contributed by atoms with Crippen molar-refractivity contribution in [3.63, 3.8) is 0 Å². The van der Waals surface area contributed by atoms with Gasteiger partial charge in [-0.25, -0.2) is 0 Å². The number of likely N-dealkylation sites (tertiary alicyclic amines) is 1. The monoisotopic (exact) mass is 351 g/mol. The number of piperazine rings is 1. The quantitative estimate of drug-likeness (QED) is 0.759. The first-order valence-corrected chi connectivity index (χ1v) is 10.4. The van der Waals surface area contributed by atoms with Crippen LogP contribution in [0.25, 0.3) is 0 Å². The van der Waals surface area contributed by atoms with Crippen LogP contribution in [0.3, 0.4) is 0 Å². The number of piperidine rings is 1. The van der Waals surface area contributed by atoms with Gasteiger partial charge in [-0.15, -0.1) is 0 Å². The van der Waals surface area contributed by atoms with Gasteiger partial charge in [0.05, 0.1) is 0 Å². The third-order valence-electron chi connectivity index (χ3n) is 7.03. The van der Waals surface area contributed by atoms with Crippen LogP contribution in [-0.2, 0) is 4.79 Å². The van der Waals surface area contributed by atoms with Gasteiger partial charge < -0.3 is 9.80 Å². The summed E-state index contributed by atoms with van der Waals surface area (Å²) in [5.74, 6) is 0.372. The minimum absolute atomic E-state index is 0.320. The first-order chi connectivity index (χ1) is 11.6. The van der Waals surface area contributed by atoms with Crippen LogP contribution < -0.4 is 0 Å². The first-order valence-electron chi connectivity index (χ1n) is 10.4. The molecule has 4 heteroatoms. The van der Waals surface area contributed by atoms with E-state index in [1.165, 1.54) is 13.1 Å². The van der Waals surface area contributed by atoms with Gasteiger partial charge in [0.25, 0.3) is 0 Å². The molecule has 2 heterocycles. The van der Waals surface area contributed by atoms with Crippen molar-refractivity contribution in [1.82, 2.24) is 14.7 Å². The standard InChI is InChI=1S/C21H41N3O/c1-18(2)23-16-14-22(15-17-23)11-7-8-19(25)24-12-9-21(6,10-13-24)20(3,4)5/h18H,7-17H2,1-6H3. The summed E-state index contributed by atoms with van der Waals surface area (Å²) in [5.41, 5.74) is 0.681. The van der Waals surface area contributed by atoms with Crippen molar-refractivity contribution in [3.8, 4) is 0 Å². The lowest BCUT2D eigenvalue weighted by Crippen LogP contribution is -2.49. The Kier molecular flexibility index (Phi) is 6.94. The molecule has 2 saturated heterocycles. The zero-order valence-corrected chi connectivity index (χ0v) is 17.6. The molecule has 0 atom stereocenters. The van der Waals surface area contributed by atoms with E-state index in [0.29, 0.717) is 22.8 Å². The minimum Gasteiger partial charge on any atom is -0.343 e. The molecule has 2 fully saturated rings. The van der Waals surface area contributed by atoms with Gasteiger partial charge in [0.2, 0.25) is 5.91 Å². The summed E-state index contributed by atoms with van der Waals surface area (Å²) in [5, 5.41) is 0. The van der Waals surface area contributed by atoms with Crippen molar-refractivity contribution in [1.29, 1.82) is 0 Å². The molecule has 2 aliphatic heterocycles. The summed E-state index contributed by atoms with van der Waals surface area (Å²) in [4.78, 5) is 19.7. The highest BCUT2D eigenvalue weighted by Crippen LogP contribution is 2.46. The highest BCUT2D eigenvalue weighted by Gasteiger charge is 2.40. The number of nitrogens with zero attached hydrogens (tertiary/aromatic N) is 3. The van der Waals surface area contributed by atoms with E-state index in [0.717, 1.165) is 58.4 Å². The molecule has 1 amide bonds. The molecular weight excluding hydrogens is 310 g/mol. The summed E-state index contributed by atoms with van der Waals surface area (Å²) in [7, 11) is 0. The van der Waals surface area contributed by atoms with E-state index < -0.39 is 0 Å². The van der Waals surface area contributed by atoms with Crippen LogP contribution in [-0.4, -0.2) is 72.5 Å². The molecule has 4 nitrogen and oxygen atoms in total. The van der Waals surface area contributed by atoms with Gasteiger partial charge >= 0.3 is 0 Å². The SMILES string of the molecule is CC(C)N1CCN(CCCC(=O)N2CCC(C)(C(C)(C)C)CC2)CC1. The molecule has 2 rings (SSSR count). The highest BCUT2D eigenvalue weighted by atomic mass is 16.2. The summed E-state index contributed by atoms with van der Waals surface area (Å²) in [6.45, 7) is 21.6. The Morgan fingerprint density at radius 1 is 1.00 bits per heavy atom. The molecule has 0 spiro atoms. The van der Waals surface area contributed by atoms with Crippen LogP contribution in [0.15, 0.2) is 0 Å². The maximum Gasteiger partial charge on any atom is 0.222 e. The molecule has 0 bridgehead atoms. The number of hydrogen-bond acceptors (Lipinski definition) is 3. The summed E-state index contributed by atoms with van der Waals surface area (Å²) in [6, 6.07) is 0.654. The van der Waals surface area contributed by atoms with E-state index >= 15 is 0 Å². The smallest absolute Gasteiger partial charge is 0.222 e. The number of amides is 1. The Morgan fingerprint density at radius 2 is 1.56 bits per heavy atom. The van der Waals surface area contributed by atoms with Gasteiger partial charge in [0, 0.05) is 51.7 Å². The van der Waals surface area contributed by atoms with Gasteiger partial charge in [-0.1, -0.05) is 27.7 Å². The Labute approximate surface area is 155 Å². The Morgan fingerprint density at radius 3 is 2.04 bits per heavy atom. The molecule has 0 unspecified atom stereocenters. The molecular formula is C21H41N3O. The van der Waals surface area contributed by atoms with Crippen LogP contribution >= 0.6 is 0 Å². The van der Waals surface area contributed by atoms with Crippen molar-refractivity contribution in [2.45, 2.75) is 73.3 Å². The Balaban J connectivity index is 1.65. The molecule has 0 aromatic rings. The zero-order valence-electron chi connectivity index (χ0n) is 17.6. The lowest BCUT2D eigenvalue weighted by molar-refractivity contribution is -0.134. The second kappa shape index (κ2) is 8.39. The molecule has 0 radical (unpaired) electrons. The molecule has 146 valence electrons. The molecule has 0 aromatic heterocycles. The maximum atomic E-state index is 12.5. The second-order valence-electron chi connectivity index (χ2n) is 9.77. The van der Waals surface area contributed by atoms with Gasteiger partial charge in [0.1, 0.15) is 0 Å². The molecule has 0 saturated carbocycles. The molecule has 0 N–H and O–H groups in total. The van der Waals surface area contributed by atoms with Gasteiger partial charge in [-0.05, 0) is 50.5 Å². The Bertz CT molecular complexity index is 425. The van der Waals surface area contributed by atoms with E-state index in [1.807, 2.05) is 0 Å². The first kappa shape index (κ1) is 20.7. The fraction of sp³-hybridized carbons (Fsp3) is 0.952. The predicted molar refractivity (Wildman–Crippen MR) is 106 cm³/mol. The van der Waals surface area contributed by atoms with E-state index in [2.05, 4.69) is 56.2 Å². The fourth-order valence-corrected chi connectivity index (χ4v) is 4.11. The van der Waals surface area contributed by atoms with E-state index in [1.54, 1.807) is 0 Å². The van der Waals surface area contributed by atoms with Crippen LogP contribution in [0.5, 0.6) is 0 Å². The lowest BCUT2D eigenvalue weighted by Gasteiger charge is -2.48. The van der Waals surface area contributed by atoms with Crippen molar-refractivity contribution in [2.75, 3.05) is 45.8 Å². The second-order valence-corrected chi connectivity index (χ2v) is 9.77. The van der Waals surface area contributed by atoms with Crippen LogP contribution in [0, 0.1) is 10.8 Å². The maximum absolute atomic E-state index is 12.5. The number of rotatable bonds is 5. The molecule has 0 aliphatic carbocycles. The number of hydrogen-bond donors (Lipinski definition) is 0. The lowest BCUT2D eigenvalue weighted by atomic mass is 9.63. The third kappa shape index (κ3) is 5.43. The average molecular weight is 352 g/mol. The van der Waals surface area contributed by atoms with Gasteiger partial charge in [0.15, 0.2) is 0 Å². The van der Waals surface area contributed by atoms with Crippen LogP contribution in [0.1, 0.15) is 67.2 Å². The van der Waals surface area contributed by atoms with E-state index in [9.17, 15) is 4.79 Å². The van der Waals surface area contributed by atoms with Gasteiger partial charge in [-0.2, -0.15) is 0 Å². The number of carbonyl (C=O) groups is 1. The average Bonchev–Trinajstić information content (AvgIpc) is 2.55. The van der Waals surface area contributed by atoms with Crippen LogP contribution in [0.2, 0.25) is 0 Å². The van der Waals surface area contributed by atoms with Gasteiger partial charge in [-0.3, -0.25) is 9.69 Å². The van der Waals surface area contributed by atoms with Crippen molar-refractivity contribution in [2.24, 2.45) is 10.8 Å². The minimum atomic E-state index is 0.320. The van der Waals surface area contributed by atoms with Crippen molar-refractivity contribution in [3.05, 3.63) is 0 Å². The summed E-state index contributed by atoms with van der Waals surface area (Å²) in [6.07, 6.45) is 4.00. The van der Waals surface area contributed by atoms with Crippen molar-refractivity contribution >= 4 is 5.91 Å².